The molecule has 0 bridgehead atoms. The van der Waals surface area contributed by atoms with E-state index >= 15 is 0 Å². The smallest absolute Gasteiger partial charge is 0.129 e. The zero-order valence-electron chi connectivity index (χ0n) is 7.86. The third-order valence-corrected chi connectivity index (χ3v) is 2.86. The lowest BCUT2D eigenvalue weighted by Crippen LogP contribution is -2.38. The van der Waals surface area contributed by atoms with Crippen molar-refractivity contribution in [3.8, 4) is 0 Å². The standard InChI is InChI=1S/C10H13BrN2O/c11-9-4-1-5-10(12-9)13-6-2-3-8(14)7-13/h1,4-5,8,14H,2-3,6-7H2/t8-/m0/s1. The van der Waals surface area contributed by atoms with Gasteiger partial charge in [0.15, 0.2) is 0 Å². The first-order chi connectivity index (χ1) is 6.75. The second kappa shape index (κ2) is 4.28. The highest BCUT2D eigenvalue weighted by Gasteiger charge is 2.18. The van der Waals surface area contributed by atoms with Crippen molar-refractivity contribution in [3.05, 3.63) is 22.8 Å². The highest BCUT2D eigenvalue weighted by molar-refractivity contribution is 9.10. The van der Waals surface area contributed by atoms with Gasteiger partial charge < -0.3 is 10.0 Å². The molecule has 76 valence electrons. The van der Waals surface area contributed by atoms with Crippen molar-refractivity contribution in [1.82, 2.24) is 4.98 Å². The SMILES string of the molecule is O[C@H]1CCCN(c2cccc(Br)n2)C1. The number of hydrogen-bond donors (Lipinski definition) is 1. The maximum Gasteiger partial charge on any atom is 0.129 e. The first-order valence-electron chi connectivity index (χ1n) is 4.81. The van der Waals surface area contributed by atoms with Gasteiger partial charge in [-0.3, -0.25) is 0 Å². The van der Waals surface area contributed by atoms with Crippen molar-refractivity contribution in [1.29, 1.82) is 0 Å². The summed E-state index contributed by atoms with van der Waals surface area (Å²) < 4.78 is 0.843. The van der Waals surface area contributed by atoms with Crippen LogP contribution in [0.3, 0.4) is 0 Å². The molecule has 3 nitrogen and oxygen atoms in total. The van der Waals surface area contributed by atoms with Gasteiger partial charge in [0.05, 0.1) is 6.10 Å². The fraction of sp³-hybridized carbons (Fsp3) is 0.500. The van der Waals surface area contributed by atoms with Crippen LogP contribution in [0.25, 0.3) is 0 Å². The molecular formula is C10H13BrN2O. The Morgan fingerprint density at radius 1 is 1.50 bits per heavy atom. The van der Waals surface area contributed by atoms with Gasteiger partial charge in [0, 0.05) is 13.1 Å². The average Bonchev–Trinajstić information content (AvgIpc) is 2.18. The summed E-state index contributed by atoms with van der Waals surface area (Å²) in [6.07, 6.45) is 1.74. The summed E-state index contributed by atoms with van der Waals surface area (Å²) in [6, 6.07) is 5.85. The minimum Gasteiger partial charge on any atom is -0.391 e. The van der Waals surface area contributed by atoms with Gasteiger partial charge in [-0.05, 0) is 40.9 Å². The minimum atomic E-state index is -0.204. The number of anilines is 1. The van der Waals surface area contributed by atoms with E-state index in [0.29, 0.717) is 6.54 Å². The molecule has 0 saturated carbocycles. The number of hydrogen-bond acceptors (Lipinski definition) is 3. The first kappa shape index (κ1) is 9.93. The van der Waals surface area contributed by atoms with Crippen molar-refractivity contribution in [2.75, 3.05) is 18.0 Å². The summed E-state index contributed by atoms with van der Waals surface area (Å²) in [5.74, 6) is 0.943. The van der Waals surface area contributed by atoms with Crippen LogP contribution in [-0.4, -0.2) is 29.3 Å². The monoisotopic (exact) mass is 256 g/mol. The Bertz CT molecular complexity index is 319. The molecule has 0 amide bonds. The van der Waals surface area contributed by atoms with Crippen molar-refractivity contribution < 1.29 is 5.11 Å². The number of pyridine rings is 1. The van der Waals surface area contributed by atoms with Gasteiger partial charge in [-0.2, -0.15) is 0 Å². The Morgan fingerprint density at radius 2 is 2.36 bits per heavy atom. The molecule has 0 radical (unpaired) electrons. The van der Waals surface area contributed by atoms with Crippen LogP contribution in [0.1, 0.15) is 12.8 Å². The van der Waals surface area contributed by atoms with Crippen molar-refractivity contribution in [2.24, 2.45) is 0 Å². The van der Waals surface area contributed by atoms with Gasteiger partial charge >= 0.3 is 0 Å². The fourth-order valence-corrected chi connectivity index (χ4v) is 2.07. The van der Waals surface area contributed by atoms with Crippen LogP contribution in [-0.2, 0) is 0 Å². The van der Waals surface area contributed by atoms with Crippen LogP contribution in [0.2, 0.25) is 0 Å². The topological polar surface area (TPSA) is 36.4 Å². The highest BCUT2D eigenvalue weighted by Crippen LogP contribution is 2.19. The number of aliphatic hydroxyl groups is 1. The van der Waals surface area contributed by atoms with Crippen molar-refractivity contribution >= 4 is 21.7 Å². The lowest BCUT2D eigenvalue weighted by molar-refractivity contribution is 0.154. The van der Waals surface area contributed by atoms with Gasteiger partial charge in [0.1, 0.15) is 10.4 Å². The van der Waals surface area contributed by atoms with Crippen LogP contribution in [0.15, 0.2) is 22.8 Å². The van der Waals surface area contributed by atoms with E-state index in [1.807, 2.05) is 18.2 Å². The predicted octanol–water partition coefficient (Wildman–Crippen LogP) is 1.81. The van der Waals surface area contributed by atoms with Gasteiger partial charge in [0.2, 0.25) is 0 Å². The molecule has 14 heavy (non-hydrogen) atoms. The molecular weight excluding hydrogens is 244 g/mol. The number of nitrogens with zero attached hydrogens (tertiary/aromatic N) is 2. The molecule has 2 rings (SSSR count). The molecule has 1 fully saturated rings. The Morgan fingerprint density at radius 3 is 3.07 bits per heavy atom. The van der Waals surface area contributed by atoms with Gasteiger partial charge in [-0.25, -0.2) is 4.98 Å². The number of piperidine rings is 1. The molecule has 1 saturated heterocycles. The summed E-state index contributed by atoms with van der Waals surface area (Å²) in [5.41, 5.74) is 0. The van der Waals surface area contributed by atoms with Gasteiger partial charge in [-0.1, -0.05) is 6.07 Å². The third-order valence-electron chi connectivity index (χ3n) is 2.42. The Balaban J connectivity index is 2.14. The Labute approximate surface area is 91.9 Å². The maximum atomic E-state index is 9.53. The molecule has 0 aromatic carbocycles. The van der Waals surface area contributed by atoms with E-state index in [1.165, 1.54) is 0 Å². The van der Waals surface area contributed by atoms with E-state index in [4.69, 9.17) is 0 Å². The van der Waals surface area contributed by atoms with Crippen molar-refractivity contribution in [3.63, 3.8) is 0 Å². The number of rotatable bonds is 1. The zero-order valence-corrected chi connectivity index (χ0v) is 9.44. The van der Waals surface area contributed by atoms with Gasteiger partial charge in [-0.15, -0.1) is 0 Å². The van der Waals surface area contributed by atoms with Gasteiger partial charge in [0.25, 0.3) is 0 Å². The largest absolute Gasteiger partial charge is 0.391 e. The van der Waals surface area contributed by atoms with Crippen molar-refractivity contribution in [2.45, 2.75) is 18.9 Å². The van der Waals surface area contributed by atoms with Crippen LogP contribution < -0.4 is 4.90 Å². The fourth-order valence-electron chi connectivity index (χ4n) is 1.74. The lowest BCUT2D eigenvalue weighted by atomic mass is 10.1. The average molecular weight is 257 g/mol. The third kappa shape index (κ3) is 2.25. The van der Waals surface area contributed by atoms with E-state index in [-0.39, 0.29) is 6.10 Å². The molecule has 0 aliphatic carbocycles. The highest BCUT2D eigenvalue weighted by atomic mass is 79.9. The molecule has 0 unspecified atom stereocenters. The molecule has 1 atom stereocenters. The number of β-amino-alcohol motifs (C(OH)–C–C–N with tert-alkyl or cyclic N) is 1. The molecule has 2 heterocycles. The minimum absolute atomic E-state index is 0.204. The van der Waals surface area contributed by atoms with E-state index in [1.54, 1.807) is 0 Å². The molecule has 1 aromatic rings. The number of halogens is 1. The normalized spacial score (nSPS) is 22.4. The molecule has 0 spiro atoms. The number of aromatic nitrogens is 1. The zero-order chi connectivity index (χ0) is 9.97. The Hall–Kier alpha value is -0.610. The molecule has 1 aromatic heterocycles. The maximum absolute atomic E-state index is 9.53. The second-order valence-electron chi connectivity index (χ2n) is 3.56. The van der Waals surface area contributed by atoms with Crippen LogP contribution in [0, 0.1) is 0 Å². The summed E-state index contributed by atoms with van der Waals surface area (Å²) in [5, 5.41) is 9.53. The van der Waals surface area contributed by atoms with Crippen LogP contribution in [0.5, 0.6) is 0 Å². The first-order valence-corrected chi connectivity index (χ1v) is 5.60. The summed E-state index contributed by atoms with van der Waals surface area (Å²) >= 11 is 3.34. The van der Waals surface area contributed by atoms with E-state index in [9.17, 15) is 5.11 Å². The summed E-state index contributed by atoms with van der Waals surface area (Å²) in [4.78, 5) is 6.49. The van der Waals surface area contributed by atoms with Crippen LogP contribution >= 0.6 is 15.9 Å². The van der Waals surface area contributed by atoms with Crippen LogP contribution in [0.4, 0.5) is 5.82 Å². The molecule has 4 heteroatoms. The summed E-state index contributed by atoms with van der Waals surface area (Å²) in [7, 11) is 0. The van der Waals surface area contributed by atoms with E-state index in [2.05, 4.69) is 25.8 Å². The number of aliphatic hydroxyl groups excluding tert-OH is 1. The van der Waals surface area contributed by atoms with E-state index < -0.39 is 0 Å². The molecule has 1 aliphatic heterocycles. The Kier molecular flexibility index (Phi) is 3.03. The molecule has 1 N–H and O–H groups in total. The molecule has 1 aliphatic rings. The quantitative estimate of drug-likeness (QED) is 0.779. The second-order valence-corrected chi connectivity index (χ2v) is 4.37. The lowest BCUT2D eigenvalue weighted by Gasteiger charge is -2.30. The summed E-state index contributed by atoms with van der Waals surface area (Å²) in [6.45, 7) is 1.68. The predicted molar refractivity (Wildman–Crippen MR) is 59.4 cm³/mol. The van der Waals surface area contributed by atoms with E-state index in [0.717, 1.165) is 29.8 Å².